The number of aryl methyl sites for hydroxylation is 4. The van der Waals surface area contributed by atoms with Crippen molar-refractivity contribution in [1.29, 1.82) is 0 Å². The molecule has 2 atom stereocenters. The highest BCUT2D eigenvalue weighted by Gasteiger charge is 2.53. The second-order valence-corrected chi connectivity index (χ2v) is 14.4. The Morgan fingerprint density at radius 1 is 0.776 bits per heavy atom. The second kappa shape index (κ2) is 17.2. The summed E-state index contributed by atoms with van der Waals surface area (Å²) in [6.07, 6.45) is 5.79. The molecular formula is C44H48N4O10. The fraction of sp³-hybridized carbons (Fsp3) is 0.364. The van der Waals surface area contributed by atoms with E-state index in [-0.39, 0.29) is 51.3 Å². The van der Waals surface area contributed by atoms with Crippen LogP contribution < -0.4 is 0 Å². The van der Waals surface area contributed by atoms with Crippen molar-refractivity contribution in [1.82, 2.24) is 19.9 Å². The van der Waals surface area contributed by atoms with Gasteiger partial charge in [-0.2, -0.15) is 0 Å². The first kappa shape index (κ1) is 41.5. The standard InChI is InChI=1S/C44H48N4O10/c1-8-26-23(2)32-20-37-30-12-9-29(42(53)55-6)41(43(54)56-7)44(30,5)38(48-37)22-33-25(4)28(11-14-40(52)58-18-16-50)36(47-33)21-35-27(10-13-39(51)57-17-15-49)24(3)31(46-35)19-34(26)45-32/h8-9,12,19-22,41,46-47,49-50H,1,10-11,13-18H2,2-7H3. The number of H-pyrrole nitrogens is 2. The van der Waals surface area contributed by atoms with E-state index in [1.807, 2.05) is 52.0 Å². The van der Waals surface area contributed by atoms with E-state index < -0.39 is 35.2 Å². The number of aliphatic hydroxyl groups is 2. The van der Waals surface area contributed by atoms with Gasteiger partial charge in [0.05, 0.1) is 61.2 Å². The largest absolute Gasteiger partial charge is 0.469 e. The van der Waals surface area contributed by atoms with Crippen LogP contribution in [0.15, 0.2) is 54.6 Å². The fourth-order valence-corrected chi connectivity index (χ4v) is 8.04. The van der Waals surface area contributed by atoms with Crippen LogP contribution in [0, 0.1) is 19.8 Å². The van der Waals surface area contributed by atoms with Gasteiger partial charge in [0.15, 0.2) is 0 Å². The summed E-state index contributed by atoms with van der Waals surface area (Å²) in [5.74, 6) is -3.36. The molecule has 14 nitrogen and oxygen atoms in total. The van der Waals surface area contributed by atoms with Crippen LogP contribution in [0.25, 0.3) is 38.8 Å². The van der Waals surface area contributed by atoms with Crippen LogP contribution in [0.1, 0.15) is 71.7 Å². The van der Waals surface area contributed by atoms with Gasteiger partial charge in [0.2, 0.25) is 0 Å². The van der Waals surface area contributed by atoms with Gasteiger partial charge in [0, 0.05) is 40.5 Å². The summed E-state index contributed by atoms with van der Waals surface area (Å²) in [4.78, 5) is 69.6. The van der Waals surface area contributed by atoms with Gasteiger partial charge in [-0.3, -0.25) is 19.4 Å². The molecule has 0 amide bonds. The van der Waals surface area contributed by atoms with Crippen LogP contribution >= 0.6 is 0 Å². The van der Waals surface area contributed by atoms with Crippen LogP contribution in [0.3, 0.4) is 0 Å². The number of fused-ring (bicyclic) bond motifs is 11. The molecule has 14 heteroatoms. The highest BCUT2D eigenvalue weighted by Crippen LogP contribution is 2.52. The summed E-state index contributed by atoms with van der Waals surface area (Å²) in [6.45, 7) is 11.0. The van der Waals surface area contributed by atoms with Crippen LogP contribution in [-0.2, 0) is 56.4 Å². The third-order valence-electron chi connectivity index (χ3n) is 11.2. The van der Waals surface area contributed by atoms with E-state index in [1.54, 1.807) is 18.2 Å². The number of allylic oxidation sites excluding steroid dienone is 6. The molecule has 2 unspecified atom stereocenters. The predicted molar refractivity (Wildman–Crippen MR) is 217 cm³/mol. The number of hydrogen-bond acceptors (Lipinski definition) is 12. The highest BCUT2D eigenvalue weighted by atomic mass is 16.5. The van der Waals surface area contributed by atoms with Gasteiger partial charge in [-0.15, -0.1) is 0 Å². The summed E-state index contributed by atoms with van der Waals surface area (Å²) in [7, 11) is 2.53. The van der Waals surface area contributed by atoms with Crippen LogP contribution in [0.5, 0.6) is 0 Å². The number of aliphatic hydroxyl groups excluding tert-OH is 2. The van der Waals surface area contributed by atoms with Crippen molar-refractivity contribution in [2.45, 2.75) is 58.8 Å². The zero-order chi connectivity index (χ0) is 41.9. The maximum absolute atomic E-state index is 13.8. The zero-order valence-corrected chi connectivity index (χ0v) is 33.5. The number of carbonyl (C=O) groups excluding carboxylic acids is 4. The van der Waals surface area contributed by atoms with Gasteiger partial charge in [-0.05, 0) is 98.2 Å². The lowest BCUT2D eigenvalue weighted by Crippen LogP contribution is -2.42. The van der Waals surface area contributed by atoms with Gasteiger partial charge in [-0.1, -0.05) is 24.8 Å². The first-order chi connectivity index (χ1) is 27.8. The van der Waals surface area contributed by atoms with E-state index in [0.29, 0.717) is 51.3 Å². The normalized spacial score (nSPS) is 17.2. The number of carbonyl (C=O) groups is 4. The van der Waals surface area contributed by atoms with Crippen LogP contribution in [0.4, 0.5) is 0 Å². The Kier molecular flexibility index (Phi) is 12.3. The van der Waals surface area contributed by atoms with E-state index in [1.165, 1.54) is 14.2 Å². The van der Waals surface area contributed by atoms with Crippen molar-refractivity contribution in [3.8, 4) is 0 Å². The van der Waals surface area contributed by atoms with Crippen molar-refractivity contribution < 1.29 is 48.3 Å². The van der Waals surface area contributed by atoms with E-state index in [0.717, 1.165) is 38.9 Å². The molecule has 6 rings (SSSR count). The first-order valence-electron chi connectivity index (χ1n) is 19.0. The number of ether oxygens (including phenoxy) is 4. The predicted octanol–water partition coefficient (Wildman–Crippen LogP) is 5.23. The van der Waals surface area contributed by atoms with E-state index in [9.17, 15) is 29.4 Å². The summed E-state index contributed by atoms with van der Waals surface area (Å²) < 4.78 is 20.8. The van der Waals surface area contributed by atoms with Crippen molar-refractivity contribution in [2.24, 2.45) is 5.92 Å². The first-order valence-corrected chi connectivity index (χ1v) is 19.0. The molecule has 4 N–H and O–H groups in total. The van der Waals surface area contributed by atoms with Crippen LogP contribution in [0.2, 0.25) is 0 Å². The molecule has 0 saturated carbocycles. The topological polar surface area (TPSA) is 203 Å². The molecule has 0 saturated heterocycles. The third kappa shape index (κ3) is 7.64. The van der Waals surface area contributed by atoms with E-state index in [4.69, 9.17) is 28.9 Å². The van der Waals surface area contributed by atoms with Crippen molar-refractivity contribution in [3.63, 3.8) is 0 Å². The Hall–Kier alpha value is -6.12. The van der Waals surface area contributed by atoms with E-state index in [2.05, 4.69) is 16.5 Å². The molecule has 1 aliphatic carbocycles. The van der Waals surface area contributed by atoms with Crippen molar-refractivity contribution in [3.05, 3.63) is 99.7 Å². The molecular weight excluding hydrogens is 745 g/mol. The quantitative estimate of drug-likeness (QED) is 0.130. The number of rotatable bonds is 13. The maximum atomic E-state index is 13.8. The minimum Gasteiger partial charge on any atom is -0.469 e. The highest BCUT2D eigenvalue weighted by molar-refractivity contribution is 6.02. The molecule has 3 aromatic heterocycles. The molecule has 8 bridgehead atoms. The summed E-state index contributed by atoms with van der Waals surface area (Å²) in [5.41, 5.74) is 9.62. The molecule has 58 heavy (non-hydrogen) atoms. The second-order valence-electron chi connectivity index (χ2n) is 14.4. The monoisotopic (exact) mass is 792 g/mol. The van der Waals surface area contributed by atoms with Gasteiger partial charge in [0.25, 0.3) is 0 Å². The molecule has 304 valence electrons. The summed E-state index contributed by atoms with van der Waals surface area (Å²) >= 11 is 0. The lowest BCUT2D eigenvalue weighted by Gasteiger charge is -2.36. The number of nitrogens with zero attached hydrogens (tertiary/aromatic N) is 2. The summed E-state index contributed by atoms with van der Waals surface area (Å²) in [5, 5.41) is 18.4. The van der Waals surface area contributed by atoms with Gasteiger partial charge in [0.1, 0.15) is 19.1 Å². The minimum atomic E-state index is -1.21. The van der Waals surface area contributed by atoms with Crippen molar-refractivity contribution >= 4 is 62.7 Å². The van der Waals surface area contributed by atoms with E-state index >= 15 is 0 Å². The molecule has 0 aromatic carbocycles. The average molecular weight is 793 g/mol. The third-order valence-corrected chi connectivity index (χ3v) is 11.2. The van der Waals surface area contributed by atoms with Gasteiger partial charge < -0.3 is 39.1 Å². The number of nitrogens with one attached hydrogen (secondary N) is 2. The van der Waals surface area contributed by atoms with Crippen molar-refractivity contribution in [2.75, 3.05) is 40.6 Å². The Morgan fingerprint density at radius 3 is 1.90 bits per heavy atom. The fourth-order valence-electron chi connectivity index (χ4n) is 8.04. The minimum absolute atomic E-state index is 0.0237. The molecule has 3 aromatic rings. The maximum Gasteiger partial charge on any atom is 0.334 e. The molecule has 5 heterocycles. The number of aromatic amines is 2. The number of aromatic nitrogens is 4. The molecule has 3 aliphatic rings. The van der Waals surface area contributed by atoms with Gasteiger partial charge >= 0.3 is 23.9 Å². The van der Waals surface area contributed by atoms with Crippen LogP contribution in [-0.4, -0.2) is 94.7 Å². The molecule has 2 aliphatic heterocycles. The number of esters is 4. The average Bonchev–Trinajstić information content (AvgIpc) is 3.87. The number of hydrogen-bond donors (Lipinski definition) is 4. The Balaban J connectivity index is 1.71. The lowest BCUT2D eigenvalue weighted by atomic mass is 9.64. The Bertz CT molecular complexity index is 2470. The molecule has 0 fully saturated rings. The SMILES string of the molecule is C=CC1=C(C)c2cc3nc(cc4[nH]c(cc5[nH]c(cc1n2)c(C)c5CCC(=O)OCCO)c(CCC(=O)OCCO)c4C)C1(C)C3=CC=C(C(=O)OC)C1C(=O)OC. The zero-order valence-electron chi connectivity index (χ0n) is 33.5. The Labute approximate surface area is 335 Å². The molecule has 0 radical (unpaired) electrons. The lowest BCUT2D eigenvalue weighted by molar-refractivity contribution is -0.149. The number of methoxy groups -OCH3 is 2. The van der Waals surface area contributed by atoms with Gasteiger partial charge in [-0.25, -0.2) is 9.78 Å². The smallest absolute Gasteiger partial charge is 0.334 e. The molecule has 0 spiro atoms. The summed E-state index contributed by atoms with van der Waals surface area (Å²) in [6, 6.07) is 7.57. The Morgan fingerprint density at radius 2 is 1.36 bits per heavy atom.